The summed E-state index contributed by atoms with van der Waals surface area (Å²) in [6, 6.07) is 6.22. The van der Waals surface area contributed by atoms with E-state index in [0.717, 1.165) is 25.9 Å². The number of fused-ring (bicyclic) bond motifs is 1. The van der Waals surface area contributed by atoms with Crippen molar-refractivity contribution in [1.29, 1.82) is 0 Å². The van der Waals surface area contributed by atoms with Gasteiger partial charge >= 0.3 is 0 Å². The van der Waals surface area contributed by atoms with Crippen LogP contribution >= 0.6 is 0 Å². The van der Waals surface area contributed by atoms with E-state index in [-0.39, 0.29) is 23.1 Å². The first-order valence-corrected chi connectivity index (χ1v) is 12.2. The van der Waals surface area contributed by atoms with Gasteiger partial charge in [-0.05, 0) is 44.2 Å². The molecule has 0 saturated carbocycles. The number of para-hydroxylation sites is 1. The maximum Gasteiger partial charge on any atom is 0.245 e. The lowest BCUT2D eigenvalue weighted by atomic mass is 9.99. The molecule has 1 spiro atoms. The molecule has 1 aromatic carbocycles. The Bertz CT molecular complexity index is 950. The molecule has 2 amide bonds. The van der Waals surface area contributed by atoms with Crippen molar-refractivity contribution in [1.82, 2.24) is 14.5 Å². The lowest BCUT2D eigenvalue weighted by Gasteiger charge is -2.40. The van der Waals surface area contributed by atoms with Crippen LogP contribution in [-0.4, -0.2) is 61.4 Å². The van der Waals surface area contributed by atoms with Crippen LogP contribution in [0.3, 0.4) is 0 Å². The molecule has 164 valence electrons. The molecule has 3 aliphatic heterocycles. The SMILES string of the molecule is C[C@@H]1CCCN(C(=O)[C@H](C)N2CC[C@@]3(CCC2=O)Nc2ccccc2S(=O)(=O)N3)C1. The van der Waals surface area contributed by atoms with E-state index in [1.54, 1.807) is 36.1 Å². The van der Waals surface area contributed by atoms with Gasteiger partial charge in [-0.1, -0.05) is 19.1 Å². The van der Waals surface area contributed by atoms with Crippen LogP contribution in [0.4, 0.5) is 5.69 Å². The summed E-state index contributed by atoms with van der Waals surface area (Å²) in [6.45, 7) is 5.70. The van der Waals surface area contributed by atoms with E-state index in [2.05, 4.69) is 17.0 Å². The van der Waals surface area contributed by atoms with Gasteiger partial charge in [0.2, 0.25) is 21.8 Å². The molecule has 2 fully saturated rings. The third kappa shape index (κ3) is 3.92. The predicted molar refractivity (Wildman–Crippen MR) is 113 cm³/mol. The first kappa shape index (κ1) is 21.1. The fourth-order valence-corrected chi connectivity index (χ4v) is 6.39. The molecular formula is C21H30N4O4S. The second-order valence-electron chi connectivity index (χ2n) is 8.85. The van der Waals surface area contributed by atoms with Crippen LogP contribution in [-0.2, 0) is 19.6 Å². The molecule has 3 aliphatic rings. The third-order valence-corrected chi connectivity index (χ3v) is 8.13. The van der Waals surface area contributed by atoms with Crippen LogP contribution in [0.15, 0.2) is 29.2 Å². The quantitative estimate of drug-likeness (QED) is 0.739. The van der Waals surface area contributed by atoms with Gasteiger partial charge in [-0.3, -0.25) is 9.59 Å². The molecule has 8 nitrogen and oxygen atoms in total. The van der Waals surface area contributed by atoms with Crippen LogP contribution < -0.4 is 10.0 Å². The summed E-state index contributed by atoms with van der Waals surface area (Å²) in [5, 5.41) is 3.32. The number of sulfonamides is 1. The molecule has 0 aromatic heterocycles. The monoisotopic (exact) mass is 434 g/mol. The van der Waals surface area contributed by atoms with Crippen LogP contribution in [0.25, 0.3) is 0 Å². The number of rotatable bonds is 2. The largest absolute Gasteiger partial charge is 0.365 e. The molecule has 9 heteroatoms. The molecule has 1 aromatic rings. The first-order valence-electron chi connectivity index (χ1n) is 10.7. The van der Waals surface area contributed by atoms with Crippen molar-refractivity contribution in [2.45, 2.75) is 62.6 Å². The van der Waals surface area contributed by atoms with Crippen LogP contribution in [0, 0.1) is 5.92 Å². The maximum atomic E-state index is 13.0. The second-order valence-corrected chi connectivity index (χ2v) is 10.5. The van der Waals surface area contributed by atoms with E-state index in [4.69, 9.17) is 0 Å². The average molecular weight is 435 g/mol. The van der Waals surface area contributed by atoms with Crippen LogP contribution in [0.2, 0.25) is 0 Å². The maximum absolute atomic E-state index is 13.0. The summed E-state index contributed by atoms with van der Waals surface area (Å²) in [5.41, 5.74) is -0.386. The zero-order chi connectivity index (χ0) is 21.5. The molecule has 3 heterocycles. The number of piperidine rings is 1. The van der Waals surface area contributed by atoms with Gasteiger partial charge in [0, 0.05) is 32.5 Å². The molecular weight excluding hydrogens is 404 g/mol. The Hall–Kier alpha value is -2.13. The number of nitrogens with zero attached hydrogens (tertiary/aromatic N) is 2. The molecule has 0 unspecified atom stereocenters. The zero-order valence-corrected chi connectivity index (χ0v) is 18.4. The molecule has 0 aliphatic carbocycles. The Kier molecular flexibility index (Phi) is 5.52. The summed E-state index contributed by atoms with van der Waals surface area (Å²) in [6.07, 6.45) is 3.00. The number of likely N-dealkylation sites (tertiary alicyclic amines) is 2. The Labute approximate surface area is 178 Å². The van der Waals surface area contributed by atoms with E-state index >= 15 is 0 Å². The molecule has 2 saturated heterocycles. The van der Waals surface area contributed by atoms with Gasteiger partial charge in [0.15, 0.2) is 0 Å². The summed E-state index contributed by atoms with van der Waals surface area (Å²) < 4.78 is 28.4. The van der Waals surface area contributed by atoms with Gasteiger partial charge in [0.1, 0.15) is 16.6 Å². The minimum atomic E-state index is -3.68. The molecule has 0 radical (unpaired) electrons. The van der Waals surface area contributed by atoms with Gasteiger partial charge in [-0.25, -0.2) is 8.42 Å². The third-order valence-electron chi connectivity index (χ3n) is 6.54. The Morgan fingerprint density at radius 2 is 2.00 bits per heavy atom. The Balaban J connectivity index is 1.52. The number of carbonyl (C=O) groups is 2. The first-order chi connectivity index (χ1) is 14.2. The van der Waals surface area contributed by atoms with Crippen LogP contribution in [0.1, 0.15) is 46.0 Å². The summed E-state index contributed by atoms with van der Waals surface area (Å²) in [4.78, 5) is 29.6. The van der Waals surface area contributed by atoms with Gasteiger partial charge in [-0.15, -0.1) is 0 Å². The minimum Gasteiger partial charge on any atom is -0.365 e. The topological polar surface area (TPSA) is 98.8 Å². The number of anilines is 1. The van der Waals surface area contributed by atoms with E-state index in [0.29, 0.717) is 31.0 Å². The predicted octanol–water partition coefficient (Wildman–Crippen LogP) is 1.75. The highest BCUT2D eigenvalue weighted by molar-refractivity contribution is 7.89. The van der Waals surface area contributed by atoms with Gasteiger partial charge < -0.3 is 15.1 Å². The lowest BCUT2D eigenvalue weighted by molar-refractivity contribution is -0.145. The molecule has 3 atom stereocenters. The smallest absolute Gasteiger partial charge is 0.245 e. The molecule has 4 rings (SSSR count). The average Bonchev–Trinajstić information content (AvgIpc) is 2.85. The number of benzene rings is 1. The fraction of sp³-hybridized carbons (Fsp3) is 0.619. The van der Waals surface area contributed by atoms with Crippen molar-refractivity contribution in [3.8, 4) is 0 Å². The molecule has 2 N–H and O–H groups in total. The van der Waals surface area contributed by atoms with E-state index < -0.39 is 21.7 Å². The highest BCUT2D eigenvalue weighted by Crippen LogP contribution is 2.35. The number of hydrogen-bond donors (Lipinski definition) is 2. The number of carbonyl (C=O) groups excluding carboxylic acids is 2. The summed E-state index contributed by atoms with van der Waals surface area (Å²) in [5.74, 6) is 0.338. The van der Waals surface area contributed by atoms with E-state index in [9.17, 15) is 18.0 Å². The fourth-order valence-electron chi connectivity index (χ4n) is 4.85. The van der Waals surface area contributed by atoms with Crippen molar-refractivity contribution in [3.63, 3.8) is 0 Å². The second kappa shape index (κ2) is 7.85. The highest BCUT2D eigenvalue weighted by Gasteiger charge is 2.44. The van der Waals surface area contributed by atoms with Crippen molar-refractivity contribution in [2.75, 3.05) is 25.0 Å². The van der Waals surface area contributed by atoms with Gasteiger partial charge in [0.05, 0.1) is 5.69 Å². The Morgan fingerprint density at radius 3 is 2.77 bits per heavy atom. The van der Waals surface area contributed by atoms with Crippen molar-refractivity contribution < 1.29 is 18.0 Å². The van der Waals surface area contributed by atoms with Crippen LogP contribution in [0.5, 0.6) is 0 Å². The highest BCUT2D eigenvalue weighted by atomic mass is 32.2. The minimum absolute atomic E-state index is 0.0200. The standard InChI is InChI=1S/C21H30N4O4S/c1-15-6-5-12-24(14-15)20(27)16(2)25-13-11-21(10-9-19(25)26)22-17-7-3-4-8-18(17)30(28,29)23-21/h3-4,7-8,15-16,22-23H,5-6,9-14H2,1-2H3/t15-,16+,21+/m1/s1. The van der Waals surface area contributed by atoms with Gasteiger partial charge in [-0.2, -0.15) is 4.72 Å². The van der Waals surface area contributed by atoms with Crippen molar-refractivity contribution >= 4 is 27.5 Å². The molecule has 0 bridgehead atoms. The zero-order valence-electron chi connectivity index (χ0n) is 17.6. The number of amides is 2. The normalized spacial score (nSPS) is 29.7. The molecule has 30 heavy (non-hydrogen) atoms. The number of nitrogens with one attached hydrogen (secondary N) is 2. The van der Waals surface area contributed by atoms with Crippen molar-refractivity contribution in [2.24, 2.45) is 5.92 Å². The van der Waals surface area contributed by atoms with Crippen molar-refractivity contribution in [3.05, 3.63) is 24.3 Å². The number of hydrogen-bond acceptors (Lipinski definition) is 5. The van der Waals surface area contributed by atoms with E-state index in [1.165, 1.54) is 0 Å². The Morgan fingerprint density at radius 1 is 1.23 bits per heavy atom. The van der Waals surface area contributed by atoms with E-state index in [1.807, 2.05) is 4.90 Å². The summed E-state index contributed by atoms with van der Waals surface area (Å²) >= 11 is 0. The van der Waals surface area contributed by atoms with Gasteiger partial charge in [0.25, 0.3) is 0 Å². The lowest BCUT2D eigenvalue weighted by Crippen LogP contribution is -2.58. The summed E-state index contributed by atoms with van der Waals surface area (Å²) in [7, 11) is -3.68.